The molecule has 2 rings (SSSR count). The zero-order valence-corrected chi connectivity index (χ0v) is 9.74. The Morgan fingerprint density at radius 1 is 1.50 bits per heavy atom. The molecule has 0 saturated heterocycles. The minimum absolute atomic E-state index is 0.0819. The Bertz CT molecular complexity index is 366. The molecule has 3 nitrogen and oxygen atoms in total. The van der Waals surface area contributed by atoms with Gasteiger partial charge in [0.15, 0.2) is 5.60 Å². The zero-order chi connectivity index (χ0) is 13.6. The summed E-state index contributed by atoms with van der Waals surface area (Å²) in [7, 11) is 0. The van der Waals surface area contributed by atoms with Crippen LogP contribution in [0.3, 0.4) is 0 Å². The second-order valence-corrected chi connectivity index (χ2v) is 5.15. The van der Waals surface area contributed by atoms with E-state index in [9.17, 15) is 23.1 Å². The van der Waals surface area contributed by atoms with Crippen LogP contribution >= 0.6 is 0 Å². The standard InChI is InChI=1S/C12H15F3O3/c1-2-10(16)18-6-8-4-9-3-7(8)5-11(9,17)12(13,14)15/h2,7-9,17H,1,3-6H2/t7-,8?,9?,11?/m0/s1. The lowest BCUT2D eigenvalue weighted by atomic mass is 9.78. The van der Waals surface area contributed by atoms with Crippen LogP contribution in [0.5, 0.6) is 0 Å². The van der Waals surface area contributed by atoms with Crippen LogP contribution in [0.25, 0.3) is 0 Å². The van der Waals surface area contributed by atoms with Crippen molar-refractivity contribution in [3.8, 4) is 0 Å². The number of aliphatic hydroxyl groups is 1. The largest absolute Gasteiger partial charge is 0.462 e. The van der Waals surface area contributed by atoms with Gasteiger partial charge in [-0.2, -0.15) is 13.2 Å². The molecule has 0 spiro atoms. The molecule has 2 aliphatic carbocycles. The van der Waals surface area contributed by atoms with Crippen LogP contribution in [0.1, 0.15) is 19.3 Å². The van der Waals surface area contributed by atoms with Crippen molar-refractivity contribution in [1.82, 2.24) is 0 Å². The van der Waals surface area contributed by atoms with Gasteiger partial charge in [-0.1, -0.05) is 6.58 Å². The summed E-state index contributed by atoms with van der Waals surface area (Å²) in [5.74, 6) is -1.64. The Hall–Kier alpha value is -1.04. The topological polar surface area (TPSA) is 46.5 Å². The Morgan fingerprint density at radius 3 is 2.61 bits per heavy atom. The highest BCUT2D eigenvalue weighted by molar-refractivity contribution is 5.81. The van der Waals surface area contributed by atoms with E-state index in [0.717, 1.165) is 6.08 Å². The van der Waals surface area contributed by atoms with E-state index in [4.69, 9.17) is 4.74 Å². The first kappa shape index (κ1) is 13.4. The lowest BCUT2D eigenvalue weighted by Gasteiger charge is -2.36. The molecule has 2 bridgehead atoms. The molecule has 0 aromatic carbocycles. The van der Waals surface area contributed by atoms with Gasteiger partial charge in [0.2, 0.25) is 0 Å². The Balaban J connectivity index is 1.95. The molecule has 2 fully saturated rings. The van der Waals surface area contributed by atoms with Crippen molar-refractivity contribution in [2.24, 2.45) is 17.8 Å². The molecule has 1 N–H and O–H groups in total. The highest BCUT2D eigenvalue weighted by Crippen LogP contribution is 2.58. The van der Waals surface area contributed by atoms with Gasteiger partial charge in [0, 0.05) is 6.08 Å². The van der Waals surface area contributed by atoms with Crippen molar-refractivity contribution < 1.29 is 27.8 Å². The molecule has 0 aliphatic heterocycles. The van der Waals surface area contributed by atoms with Crippen molar-refractivity contribution in [1.29, 1.82) is 0 Å². The smallest absolute Gasteiger partial charge is 0.417 e. The summed E-state index contributed by atoms with van der Waals surface area (Å²) in [6.07, 6.45) is -3.22. The molecule has 2 saturated carbocycles. The summed E-state index contributed by atoms with van der Waals surface area (Å²) in [6.45, 7) is 3.36. The summed E-state index contributed by atoms with van der Waals surface area (Å²) in [4.78, 5) is 10.9. The number of ether oxygens (including phenoxy) is 1. The third-order valence-electron chi connectivity index (χ3n) is 4.19. The molecule has 18 heavy (non-hydrogen) atoms. The molecule has 4 atom stereocenters. The van der Waals surface area contributed by atoms with Gasteiger partial charge in [0.25, 0.3) is 0 Å². The molecular weight excluding hydrogens is 249 g/mol. The van der Waals surface area contributed by atoms with E-state index >= 15 is 0 Å². The van der Waals surface area contributed by atoms with Gasteiger partial charge in [-0.25, -0.2) is 4.79 Å². The zero-order valence-electron chi connectivity index (χ0n) is 9.74. The molecule has 0 heterocycles. The van der Waals surface area contributed by atoms with Crippen LogP contribution in [0.15, 0.2) is 12.7 Å². The van der Waals surface area contributed by atoms with Crippen LogP contribution < -0.4 is 0 Å². The summed E-state index contributed by atoms with van der Waals surface area (Å²) in [6, 6.07) is 0. The third-order valence-corrected chi connectivity index (χ3v) is 4.19. The monoisotopic (exact) mass is 264 g/mol. The van der Waals surface area contributed by atoms with Crippen LogP contribution in [-0.4, -0.2) is 29.5 Å². The molecule has 0 amide bonds. The van der Waals surface area contributed by atoms with E-state index in [1.807, 2.05) is 0 Å². The fraction of sp³-hybridized carbons (Fsp3) is 0.750. The SMILES string of the molecule is C=CC(=O)OCC1CC2C[C@H]1CC2(O)C(F)(F)F. The Kier molecular flexibility index (Phi) is 3.17. The summed E-state index contributed by atoms with van der Waals surface area (Å²) >= 11 is 0. The van der Waals surface area contributed by atoms with Gasteiger partial charge >= 0.3 is 12.1 Å². The quantitative estimate of drug-likeness (QED) is 0.627. The maximum Gasteiger partial charge on any atom is 0.417 e. The molecule has 6 heteroatoms. The van der Waals surface area contributed by atoms with Crippen LogP contribution in [0.2, 0.25) is 0 Å². The summed E-state index contributed by atoms with van der Waals surface area (Å²) in [5, 5.41) is 9.71. The Labute approximate surface area is 103 Å². The van der Waals surface area contributed by atoms with E-state index in [1.165, 1.54) is 0 Å². The van der Waals surface area contributed by atoms with Gasteiger partial charge in [-0.15, -0.1) is 0 Å². The summed E-state index contributed by atoms with van der Waals surface area (Å²) in [5.41, 5.74) is -2.55. The Morgan fingerprint density at radius 2 is 2.17 bits per heavy atom. The van der Waals surface area contributed by atoms with E-state index in [-0.39, 0.29) is 31.3 Å². The number of carbonyl (C=O) groups excluding carboxylic acids is 1. The van der Waals surface area contributed by atoms with Gasteiger partial charge in [0.05, 0.1) is 6.61 Å². The first-order valence-electron chi connectivity index (χ1n) is 5.86. The minimum Gasteiger partial charge on any atom is -0.462 e. The molecular formula is C12H15F3O3. The first-order valence-corrected chi connectivity index (χ1v) is 5.86. The lowest BCUT2D eigenvalue weighted by molar-refractivity contribution is -0.279. The lowest BCUT2D eigenvalue weighted by Crippen LogP contribution is -2.50. The number of alkyl halides is 3. The average Bonchev–Trinajstić information content (AvgIpc) is 2.81. The van der Waals surface area contributed by atoms with E-state index < -0.39 is 23.7 Å². The highest BCUT2D eigenvalue weighted by atomic mass is 19.4. The number of carbonyl (C=O) groups is 1. The molecule has 102 valence electrons. The third kappa shape index (κ3) is 2.02. The van der Waals surface area contributed by atoms with E-state index in [2.05, 4.69) is 6.58 Å². The van der Waals surface area contributed by atoms with Gasteiger partial charge in [-0.05, 0) is 37.0 Å². The summed E-state index contributed by atoms with van der Waals surface area (Å²) < 4.78 is 43.1. The fourth-order valence-electron chi connectivity index (χ4n) is 3.22. The van der Waals surface area contributed by atoms with Gasteiger partial charge in [0.1, 0.15) is 0 Å². The fourth-order valence-corrected chi connectivity index (χ4v) is 3.22. The highest BCUT2D eigenvalue weighted by Gasteiger charge is 2.66. The van der Waals surface area contributed by atoms with Crippen LogP contribution in [0, 0.1) is 17.8 Å². The molecule has 0 radical (unpaired) electrons. The average molecular weight is 264 g/mol. The molecule has 2 aliphatic rings. The second kappa shape index (κ2) is 4.26. The van der Waals surface area contributed by atoms with Crippen LogP contribution in [0.4, 0.5) is 13.2 Å². The number of hydrogen-bond donors (Lipinski definition) is 1. The van der Waals surface area contributed by atoms with Crippen molar-refractivity contribution in [2.75, 3.05) is 6.61 Å². The van der Waals surface area contributed by atoms with Crippen LogP contribution in [-0.2, 0) is 9.53 Å². The number of hydrogen-bond acceptors (Lipinski definition) is 3. The van der Waals surface area contributed by atoms with E-state index in [1.54, 1.807) is 0 Å². The molecule has 0 aromatic rings. The predicted molar refractivity (Wildman–Crippen MR) is 56.5 cm³/mol. The first-order chi connectivity index (χ1) is 8.28. The van der Waals surface area contributed by atoms with Gasteiger partial charge in [-0.3, -0.25) is 0 Å². The van der Waals surface area contributed by atoms with Crippen molar-refractivity contribution in [3.05, 3.63) is 12.7 Å². The normalized spacial score (nSPS) is 38.8. The van der Waals surface area contributed by atoms with E-state index in [0.29, 0.717) is 6.42 Å². The van der Waals surface area contributed by atoms with Gasteiger partial charge < -0.3 is 9.84 Å². The maximum atomic E-state index is 12.7. The predicted octanol–water partition coefficient (Wildman–Crippen LogP) is 2.06. The van der Waals surface area contributed by atoms with Crippen molar-refractivity contribution in [2.45, 2.75) is 31.0 Å². The minimum atomic E-state index is -4.57. The number of halogens is 3. The molecule has 3 unspecified atom stereocenters. The maximum absolute atomic E-state index is 12.7. The number of rotatable bonds is 3. The second-order valence-electron chi connectivity index (χ2n) is 5.15. The number of esters is 1. The number of fused-ring (bicyclic) bond motifs is 2. The van der Waals surface area contributed by atoms with Crippen molar-refractivity contribution in [3.63, 3.8) is 0 Å². The molecule has 0 aromatic heterocycles. The van der Waals surface area contributed by atoms with Crippen molar-refractivity contribution >= 4 is 5.97 Å².